The molecule has 0 aromatic heterocycles. The lowest BCUT2D eigenvalue weighted by atomic mass is 9.95. The summed E-state index contributed by atoms with van der Waals surface area (Å²) in [7, 11) is -0.109. The summed E-state index contributed by atoms with van der Waals surface area (Å²) < 4.78 is 30.1. The number of alkyl halides is 1. The summed E-state index contributed by atoms with van der Waals surface area (Å²) in [5, 5.41) is -0.0592. The van der Waals surface area contributed by atoms with Crippen molar-refractivity contribution in [2.45, 2.75) is 37.1 Å². The topological polar surface area (TPSA) is 46.6 Å². The molecule has 0 heterocycles. The summed E-state index contributed by atoms with van der Waals surface area (Å²) in [5.74, 6) is 0.0279. The van der Waals surface area contributed by atoms with Gasteiger partial charge in [0.25, 0.3) is 0 Å². The first-order valence-corrected chi connectivity index (χ1v) is 7.62. The van der Waals surface area contributed by atoms with Crippen LogP contribution in [0.1, 0.15) is 25.7 Å². The zero-order chi connectivity index (χ0) is 12.2. The SMILES string of the molecule is COCCS(=O)(=O)N(C)C1CCCCC1Cl. The highest BCUT2D eigenvalue weighted by atomic mass is 35.5. The van der Waals surface area contributed by atoms with E-state index in [1.807, 2.05) is 0 Å². The molecule has 96 valence electrons. The van der Waals surface area contributed by atoms with Crippen molar-refractivity contribution in [3.05, 3.63) is 0 Å². The summed E-state index contributed by atoms with van der Waals surface area (Å²) in [6, 6.07) is -0.0581. The molecule has 0 saturated heterocycles. The van der Waals surface area contributed by atoms with Crippen molar-refractivity contribution in [2.75, 3.05) is 26.5 Å². The Morgan fingerprint density at radius 1 is 1.38 bits per heavy atom. The minimum Gasteiger partial charge on any atom is -0.384 e. The molecule has 0 radical (unpaired) electrons. The lowest BCUT2D eigenvalue weighted by molar-refractivity contribution is 0.213. The first-order chi connectivity index (χ1) is 7.49. The van der Waals surface area contributed by atoms with Gasteiger partial charge in [0.05, 0.1) is 17.7 Å². The van der Waals surface area contributed by atoms with Gasteiger partial charge in [0.1, 0.15) is 0 Å². The van der Waals surface area contributed by atoms with Gasteiger partial charge in [-0.25, -0.2) is 12.7 Å². The summed E-state index contributed by atoms with van der Waals surface area (Å²) in [5.41, 5.74) is 0. The van der Waals surface area contributed by atoms with Crippen molar-refractivity contribution in [1.82, 2.24) is 4.31 Å². The van der Waals surface area contributed by atoms with Crippen LogP contribution in [0.3, 0.4) is 0 Å². The Bertz CT molecular complexity index is 307. The van der Waals surface area contributed by atoms with E-state index in [0.29, 0.717) is 0 Å². The molecule has 0 amide bonds. The van der Waals surface area contributed by atoms with E-state index in [0.717, 1.165) is 25.7 Å². The normalized spacial score (nSPS) is 27.2. The van der Waals surface area contributed by atoms with Crippen LogP contribution in [-0.4, -0.2) is 50.7 Å². The maximum absolute atomic E-state index is 11.9. The Balaban J connectivity index is 2.64. The number of hydrogen-bond donors (Lipinski definition) is 0. The van der Waals surface area contributed by atoms with Crippen LogP contribution >= 0.6 is 11.6 Å². The van der Waals surface area contributed by atoms with Crippen molar-refractivity contribution in [2.24, 2.45) is 0 Å². The van der Waals surface area contributed by atoms with Gasteiger partial charge in [0, 0.05) is 20.2 Å². The number of hydrogen-bond acceptors (Lipinski definition) is 3. The van der Waals surface area contributed by atoms with Gasteiger partial charge >= 0.3 is 0 Å². The van der Waals surface area contributed by atoms with Crippen molar-refractivity contribution in [3.8, 4) is 0 Å². The van der Waals surface area contributed by atoms with Gasteiger partial charge in [0.2, 0.25) is 10.0 Å². The third-order valence-corrected chi connectivity index (χ3v) is 5.44. The van der Waals surface area contributed by atoms with E-state index in [4.69, 9.17) is 16.3 Å². The fraction of sp³-hybridized carbons (Fsp3) is 1.00. The Kier molecular flexibility index (Phi) is 5.50. The molecule has 0 bridgehead atoms. The van der Waals surface area contributed by atoms with E-state index in [2.05, 4.69) is 0 Å². The number of halogens is 1. The molecule has 0 aliphatic heterocycles. The van der Waals surface area contributed by atoms with Gasteiger partial charge in [-0.2, -0.15) is 0 Å². The highest BCUT2D eigenvalue weighted by Crippen LogP contribution is 2.28. The minimum atomic E-state index is -3.23. The van der Waals surface area contributed by atoms with Crippen LogP contribution in [0.15, 0.2) is 0 Å². The van der Waals surface area contributed by atoms with Gasteiger partial charge in [-0.05, 0) is 12.8 Å². The minimum absolute atomic E-state index is 0.0279. The lowest BCUT2D eigenvalue weighted by Gasteiger charge is -2.34. The van der Waals surface area contributed by atoms with E-state index < -0.39 is 10.0 Å². The van der Waals surface area contributed by atoms with Crippen LogP contribution < -0.4 is 0 Å². The molecule has 1 saturated carbocycles. The summed E-state index contributed by atoms with van der Waals surface area (Å²) in [6.45, 7) is 0.229. The Labute approximate surface area is 103 Å². The van der Waals surface area contributed by atoms with Crippen LogP contribution in [0.5, 0.6) is 0 Å². The van der Waals surface area contributed by atoms with Crippen molar-refractivity contribution >= 4 is 21.6 Å². The molecular formula is C10H20ClNO3S. The maximum Gasteiger partial charge on any atom is 0.216 e. The molecule has 0 N–H and O–H groups in total. The zero-order valence-corrected chi connectivity index (χ0v) is 11.4. The molecule has 1 aliphatic rings. The standard InChI is InChI=1S/C10H20ClNO3S/c1-12(16(13,14)8-7-15-2)10-6-4-3-5-9(10)11/h9-10H,3-8H2,1-2H3. The van der Waals surface area contributed by atoms with Gasteiger partial charge in [0.15, 0.2) is 0 Å². The monoisotopic (exact) mass is 269 g/mol. The molecular weight excluding hydrogens is 250 g/mol. The predicted molar refractivity (Wildman–Crippen MR) is 65.3 cm³/mol. The average Bonchev–Trinajstić information content (AvgIpc) is 2.26. The fourth-order valence-electron chi connectivity index (χ4n) is 2.01. The molecule has 0 aromatic rings. The molecule has 0 aromatic carbocycles. The van der Waals surface area contributed by atoms with Crippen LogP contribution in [-0.2, 0) is 14.8 Å². The molecule has 2 unspecified atom stereocenters. The molecule has 4 nitrogen and oxygen atoms in total. The average molecular weight is 270 g/mol. The van der Waals surface area contributed by atoms with E-state index >= 15 is 0 Å². The highest BCUT2D eigenvalue weighted by molar-refractivity contribution is 7.89. The molecule has 1 rings (SSSR count). The van der Waals surface area contributed by atoms with Crippen molar-refractivity contribution < 1.29 is 13.2 Å². The smallest absolute Gasteiger partial charge is 0.216 e. The number of rotatable bonds is 5. The molecule has 0 spiro atoms. The van der Waals surface area contributed by atoms with Gasteiger partial charge in [-0.1, -0.05) is 12.8 Å². The maximum atomic E-state index is 11.9. The van der Waals surface area contributed by atoms with Gasteiger partial charge in [-0.3, -0.25) is 0 Å². The fourth-order valence-corrected chi connectivity index (χ4v) is 3.86. The predicted octanol–water partition coefficient (Wildman–Crippen LogP) is 1.44. The molecule has 16 heavy (non-hydrogen) atoms. The Morgan fingerprint density at radius 2 is 2.00 bits per heavy atom. The van der Waals surface area contributed by atoms with E-state index in [1.165, 1.54) is 11.4 Å². The van der Waals surface area contributed by atoms with Crippen molar-refractivity contribution in [1.29, 1.82) is 0 Å². The second-order valence-electron chi connectivity index (χ2n) is 4.19. The van der Waals surface area contributed by atoms with Crippen LogP contribution in [0, 0.1) is 0 Å². The first-order valence-electron chi connectivity index (χ1n) is 5.57. The second kappa shape index (κ2) is 6.19. The number of ether oxygens (including phenoxy) is 1. The van der Waals surface area contributed by atoms with Gasteiger partial charge in [-0.15, -0.1) is 11.6 Å². The summed E-state index contributed by atoms with van der Waals surface area (Å²) in [6.07, 6.45) is 3.90. The highest BCUT2D eigenvalue weighted by Gasteiger charge is 2.32. The van der Waals surface area contributed by atoms with Crippen molar-refractivity contribution in [3.63, 3.8) is 0 Å². The number of nitrogens with zero attached hydrogens (tertiary/aromatic N) is 1. The lowest BCUT2D eigenvalue weighted by Crippen LogP contribution is -2.45. The van der Waals surface area contributed by atoms with E-state index in [9.17, 15) is 8.42 Å². The third-order valence-electron chi connectivity index (χ3n) is 3.10. The molecule has 6 heteroatoms. The molecule has 1 aliphatic carbocycles. The second-order valence-corrected chi connectivity index (χ2v) is 6.90. The quantitative estimate of drug-likeness (QED) is 0.710. The van der Waals surface area contributed by atoms with Crippen LogP contribution in [0.25, 0.3) is 0 Å². The molecule has 1 fully saturated rings. The van der Waals surface area contributed by atoms with Gasteiger partial charge < -0.3 is 4.74 Å². The number of sulfonamides is 1. The summed E-state index contributed by atoms with van der Waals surface area (Å²) >= 11 is 6.18. The van der Waals surface area contributed by atoms with E-state index in [1.54, 1.807) is 7.05 Å². The van der Waals surface area contributed by atoms with Crippen LogP contribution in [0.2, 0.25) is 0 Å². The first kappa shape index (κ1) is 14.2. The molecule has 2 atom stereocenters. The van der Waals surface area contributed by atoms with Crippen LogP contribution in [0.4, 0.5) is 0 Å². The zero-order valence-electron chi connectivity index (χ0n) is 9.86. The Hall–Kier alpha value is 0.160. The number of methoxy groups -OCH3 is 1. The van der Waals surface area contributed by atoms with E-state index in [-0.39, 0.29) is 23.8 Å². The Morgan fingerprint density at radius 3 is 2.56 bits per heavy atom. The third kappa shape index (κ3) is 3.58. The summed E-state index contributed by atoms with van der Waals surface area (Å²) in [4.78, 5) is 0. The largest absolute Gasteiger partial charge is 0.384 e.